The maximum atomic E-state index is 13.2. The quantitative estimate of drug-likeness (QED) is 0.431. The Morgan fingerprint density at radius 2 is 1.58 bits per heavy atom. The van der Waals surface area contributed by atoms with Crippen LogP contribution in [0, 0.1) is 5.82 Å². The number of carbonyl (C=O) groups is 1. The molecular formula is C27H37FN2O3. The number of carbonyl (C=O) groups excluding carboxylic acids is 1. The number of ether oxygens (including phenoxy) is 2. The average molecular weight is 457 g/mol. The van der Waals surface area contributed by atoms with Gasteiger partial charge in [-0.1, -0.05) is 38.3 Å². The van der Waals surface area contributed by atoms with Crippen LogP contribution >= 0.6 is 0 Å². The standard InChI is InChI=1S/C27H37FN2O3/c1-4-5-6-7-16-32-25-12-14-26(15-13-25)33-20-27(31)30-18-21(2)29(17-22(30)3)19-23-8-10-24(28)11-9-23/h8-15,21-22H,4-7,16-20H2,1-3H3. The Hall–Kier alpha value is -2.60. The van der Waals surface area contributed by atoms with Crippen LogP contribution in [0.2, 0.25) is 0 Å². The maximum absolute atomic E-state index is 13.2. The van der Waals surface area contributed by atoms with Crippen molar-refractivity contribution in [3.8, 4) is 11.5 Å². The molecule has 0 radical (unpaired) electrons. The molecule has 1 aliphatic heterocycles. The summed E-state index contributed by atoms with van der Waals surface area (Å²) in [6.45, 7) is 9.29. The molecule has 0 aromatic heterocycles. The summed E-state index contributed by atoms with van der Waals surface area (Å²) < 4.78 is 24.7. The molecule has 1 amide bonds. The zero-order chi connectivity index (χ0) is 23.6. The van der Waals surface area contributed by atoms with E-state index in [9.17, 15) is 9.18 Å². The number of hydrogen-bond acceptors (Lipinski definition) is 4. The highest BCUT2D eigenvalue weighted by molar-refractivity contribution is 5.78. The van der Waals surface area contributed by atoms with Crippen molar-refractivity contribution in [2.45, 2.75) is 65.1 Å². The van der Waals surface area contributed by atoms with Crippen LogP contribution in [0.25, 0.3) is 0 Å². The topological polar surface area (TPSA) is 42.0 Å². The lowest BCUT2D eigenvalue weighted by molar-refractivity contribution is -0.139. The van der Waals surface area contributed by atoms with Crippen molar-refractivity contribution in [3.63, 3.8) is 0 Å². The van der Waals surface area contributed by atoms with E-state index >= 15 is 0 Å². The first kappa shape index (κ1) is 25.0. The van der Waals surface area contributed by atoms with Crippen LogP contribution in [0.5, 0.6) is 11.5 Å². The van der Waals surface area contributed by atoms with E-state index < -0.39 is 0 Å². The second-order valence-corrected chi connectivity index (χ2v) is 8.97. The molecule has 5 nitrogen and oxygen atoms in total. The zero-order valence-electron chi connectivity index (χ0n) is 20.1. The number of rotatable bonds is 11. The normalized spacial score (nSPS) is 18.8. The monoisotopic (exact) mass is 456 g/mol. The smallest absolute Gasteiger partial charge is 0.260 e. The minimum absolute atomic E-state index is 0.00738. The second kappa shape index (κ2) is 12.6. The molecule has 1 aliphatic rings. The lowest BCUT2D eigenvalue weighted by Crippen LogP contribution is -2.58. The van der Waals surface area contributed by atoms with E-state index in [1.807, 2.05) is 41.3 Å². The van der Waals surface area contributed by atoms with Crippen molar-refractivity contribution in [3.05, 3.63) is 59.9 Å². The minimum Gasteiger partial charge on any atom is -0.494 e. The highest BCUT2D eigenvalue weighted by Gasteiger charge is 2.32. The van der Waals surface area contributed by atoms with Gasteiger partial charge in [-0.3, -0.25) is 9.69 Å². The molecule has 2 unspecified atom stereocenters. The molecule has 0 spiro atoms. The Morgan fingerprint density at radius 1 is 0.909 bits per heavy atom. The second-order valence-electron chi connectivity index (χ2n) is 8.97. The van der Waals surface area contributed by atoms with Gasteiger partial charge in [0.15, 0.2) is 6.61 Å². The van der Waals surface area contributed by atoms with Gasteiger partial charge in [0.1, 0.15) is 17.3 Å². The highest BCUT2D eigenvalue weighted by Crippen LogP contribution is 2.21. The Bertz CT molecular complexity index is 857. The number of nitrogens with zero attached hydrogens (tertiary/aromatic N) is 2. The summed E-state index contributed by atoms with van der Waals surface area (Å²) in [5.74, 6) is 1.26. The highest BCUT2D eigenvalue weighted by atomic mass is 19.1. The van der Waals surface area contributed by atoms with E-state index in [0.29, 0.717) is 12.3 Å². The Labute approximate surface area is 197 Å². The van der Waals surface area contributed by atoms with E-state index in [2.05, 4.69) is 25.7 Å². The molecule has 33 heavy (non-hydrogen) atoms. The summed E-state index contributed by atoms with van der Waals surface area (Å²) >= 11 is 0. The molecule has 2 aromatic carbocycles. The largest absolute Gasteiger partial charge is 0.494 e. The van der Waals surface area contributed by atoms with Gasteiger partial charge in [0, 0.05) is 31.7 Å². The predicted molar refractivity (Wildman–Crippen MR) is 129 cm³/mol. The molecule has 0 bridgehead atoms. The first-order valence-electron chi connectivity index (χ1n) is 12.1. The third-order valence-corrected chi connectivity index (χ3v) is 6.19. The fourth-order valence-corrected chi connectivity index (χ4v) is 4.17. The van der Waals surface area contributed by atoms with Gasteiger partial charge >= 0.3 is 0 Å². The van der Waals surface area contributed by atoms with Gasteiger partial charge in [-0.25, -0.2) is 4.39 Å². The van der Waals surface area contributed by atoms with Gasteiger partial charge in [0.25, 0.3) is 5.91 Å². The summed E-state index contributed by atoms with van der Waals surface area (Å²) in [5.41, 5.74) is 1.08. The number of halogens is 1. The van der Waals surface area contributed by atoms with Crippen LogP contribution in [0.4, 0.5) is 4.39 Å². The number of piperazine rings is 1. The van der Waals surface area contributed by atoms with E-state index in [-0.39, 0.29) is 30.4 Å². The van der Waals surface area contributed by atoms with E-state index in [1.165, 1.54) is 31.4 Å². The summed E-state index contributed by atoms with van der Waals surface area (Å²) in [6, 6.07) is 14.4. The lowest BCUT2D eigenvalue weighted by atomic mass is 10.1. The molecule has 1 saturated heterocycles. The van der Waals surface area contributed by atoms with Crippen molar-refractivity contribution in [2.75, 3.05) is 26.3 Å². The average Bonchev–Trinajstić information content (AvgIpc) is 2.81. The van der Waals surface area contributed by atoms with Gasteiger partial charge in [0.05, 0.1) is 6.61 Å². The molecule has 0 aliphatic carbocycles. The summed E-state index contributed by atoms with van der Waals surface area (Å²) in [4.78, 5) is 17.1. The van der Waals surface area contributed by atoms with Crippen molar-refractivity contribution in [2.24, 2.45) is 0 Å². The Morgan fingerprint density at radius 3 is 2.24 bits per heavy atom. The van der Waals surface area contributed by atoms with Gasteiger partial charge in [-0.05, 0) is 62.2 Å². The molecule has 0 N–H and O–H groups in total. The van der Waals surface area contributed by atoms with E-state index in [4.69, 9.17) is 9.47 Å². The van der Waals surface area contributed by atoms with Gasteiger partial charge in [-0.15, -0.1) is 0 Å². The molecule has 0 saturated carbocycles. The number of amides is 1. The molecule has 3 rings (SSSR count). The Kier molecular flexibility index (Phi) is 9.55. The molecular weight excluding hydrogens is 419 g/mol. The first-order chi connectivity index (χ1) is 16.0. The fraction of sp³-hybridized carbons (Fsp3) is 0.519. The van der Waals surface area contributed by atoms with Crippen molar-refractivity contribution in [1.82, 2.24) is 9.80 Å². The fourth-order valence-electron chi connectivity index (χ4n) is 4.17. The van der Waals surface area contributed by atoms with Crippen LogP contribution in [0.3, 0.4) is 0 Å². The Balaban J connectivity index is 1.43. The SMILES string of the molecule is CCCCCCOc1ccc(OCC(=O)N2CC(C)N(Cc3ccc(F)cc3)CC2C)cc1. The van der Waals surface area contributed by atoms with Crippen LogP contribution in [-0.4, -0.2) is 54.1 Å². The molecule has 1 fully saturated rings. The maximum Gasteiger partial charge on any atom is 0.260 e. The zero-order valence-corrected chi connectivity index (χ0v) is 20.1. The number of hydrogen-bond donors (Lipinski definition) is 0. The van der Waals surface area contributed by atoms with Gasteiger partial charge < -0.3 is 14.4 Å². The third kappa shape index (κ3) is 7.74. The van der Waals surface area contributed by atoms with Gasteiger partial charge in [0.2, 0.25) is 0 Å². The van der Waals surface area contributed by atoms with E-state index in [1.54, 1.807) is 0 Å². The lowest BCUT2D eigenvalue weighted by Gasteiger charge is -2.44. The molecule has 2 aromatic rings. The summed E-state index contributed by atoms with van der Waals surface area (Å²) in [5, 5.41) is 0. The van der Waals surface area contributed by atoms with Crippen molar-refractivity contribution in [1.29, 1.82) is 0 Å². The first-order valence-corrected chi connectivity index (χ1v) is 12.1. The molecule has 180 valence electrons. The van der Waals surface area contributed by atoms with Crippen LogP contribution in [0.15, 0.2) is 48.5 Å². The molecule has 6 heteroatoms. The summed E-state index contributed by atoms with van der Waals surface area (Å²) in [7, 11) is 0. The van der Waals surface area contributed by atoms with Crippen LogP contribution in [-0.2, 0) is 11.3 Å². The predicted octanol–water partition coefficient (Wildman–Crippen LogP) is 5.29. The number of benzene rings is 2. The van der Waals surface area contributed by atoms with Crippen molar-refractivity contribution < 1.29 is 18.7 Å². The van der Waals surface area contributed by atoms with Crippen LogP contribution < -0.4 is 9.47 Å². The number of unbranched alkanes of at least 4 members (excludes halogenated alkanes) is 3. The van der Waals surface area contributed by atoms with Crippen LogP contribution in [0.1, 0.15) is 52.0 Å². The van der Waals surface area contributed by atoms with Crippen molar-refractivity contribution >= 4 is 5.91 Å². The summed E-state index contributed by atoms with van der Waals surface area (Å²) in [6.07, 6.45) is 4.71. The van der Waals surface area contributed by atoms with E-state index in [0.717, 1.165) is 37.4 Å². The third-order valence-electron chi connectivity index (χ3n) is 6.19. The minimum atomic E-state index is -0.222. The van der Waals surface area contributed by atoms with Gasteiger partial charge in [-0.2, -0.15) is 0 Å². The molecule has 1 heterocycles. The molecule has 2 atom stereocenters.